The highest BCUT2D eigenvalue weighted by molar-refractivity contribution is 7.98. The number of nitrogens with zero attached hydrogens (tertiary/aromatic N) is 3. The highest BCUT2D eigenvalue weighted by Gasteiger charge is 2.29. The van der Waals surface area contributed by atoms with Gasteiger partial charge in [-0.2, -0.15) is 0 Å². The van der Waals surface area contributed by atoms with Crippen molar-refractivity contribution in [2.24, 2.45) is 0 Å². The van der Waals surface area contributed by atoms with Crippen molar-refractivity contribution in [1.82, 2.24) is 14.5 Å². The number of amides is 1. The lowest BCUT2D eigenvalue weighted by Crippen LogP contribution is -2.43. The summed E-state index contributed by atoms with van der Waals surface area (Å²) in [6.07, 6.45) is 3.60. The zero-order valence-corrected chi connectivity index (χ0v) is 17.7. The molecular formula is C20H27N3O4S. The van der Waals surface area contributed by atoms with Crippen molar-refractivity contribution < 1.29 is 13.9 Å². The van der Waals surface area contributed by atoms with Crippen molar-refractivity contribution in [3.63, 3.8) is 0 Å². The van der Waals surface area contributed by atoms with E-state index in [0.29, 0.717) is 36.0 Å². The standard InChI is InChI=1S/C18H23N3O4S.C2H4/c1-18(2,3)25-17(23)20-8-7-14-13(11-20)15(22)21(16(19-14)26-4)10-12-6-5-9-24-12;1-2/h5-6,9H,7-8,10-11H2,1-4H3;1-2H2. The molecule has 8 heteroatoms. The first-order valence-corrected chi connectivity index (χ1v) is 10.2. The number of hydrogen-bond acceptors (Lipinski definition) is 6. The number of aromatic nitrogens is 2. The van der Waals surface area contributed by atoms with Crippen LogP contribution < -0.4 is 5.56 Å². The van der Waals surface area contributed by atoms with E-state index in [1.54, 1.807) is 21.8 Å². The number of carbonyl (C=O) groups excluding carboxylic acids is 1. The Bertz CT molecular complexity index is 869. The third-order valence-electron chi connectivity index (χ3n) is 4.01. The number of fused-ring (bicyclic) bond motifs is 1. The van der Waals surface area contributed by atoms with E-state index in [1.807, 2.05) is 33.1 Å². The molecule has 0 atom stereocenters. The average Bonchev–Trinajstić information content (AvgIpc) is 3.17. The van der Waals surface area contributed by atoms with E-state index < -0.39 is 11.7 Å². The molecule has 0 bridgehead atoms. The van der Waals surface area contributed by atoms with Gasteiger partial charge in [0.1, 0.15) is 11.4 Å². The SMILES string of the molecule is C=C.CSc1nc2c(c(=O)n1Cc1ccco1)CN(C(=O)OC(C)(C)C)CC2. The van der Waals surface area contributed by atoms with Crippen LogP contribution in [-0.4, -0.2) is 38.9 Å². The molecule has 2 aromatic heterocycles. The summed E-state index contributed by atoms with van der Waals surface area (Å²) in [6.45, 7) is 12.5. The molecular weight excluding hydrogens is 378 g/mol. The van der Waals surface area contributed by atoms with Gasteiger partial charge in [-0.25, -0.2) is 9.78 Å². The summed E-state index contributed by atoms with van der Waals surface area (Å²) < 4.78 is 12.4. The third kappa shape index (κ3) is 5.07. The maximum absolute atomic E-state index is 13.1. The first kappa shape index (κ1) is 21.8. The molecule has 3 rings (SSSR count). The fourth-order valence-electron chi connectivity index (χ4n) is 2.83. The smallest absolute Gasteiger partial charge is 0.410 e. The molecule has 0 saturated heterocycles. The van der Waals surface area contributed by atoms with Crippen LogP contribution in [0.15, 0.2) is 45.9 Å². The number of thioether (sulfide) groups is 1. The highest BCUT2D eigenvalue weighted by atomic mass is 32.2. The van der Waals surface area contributed by atoms with E-state index >= 15 is 0 Å². The van der Waals surface area contributed by atoms with Crippen LogP contribution in [0.25, 0.3) is 0 Å². The van der Waals surface area contributed by atoms with E-state index in [-0.39, 0.29) is 12.1 Å². The highest BCUT2D eigenvalue weighted by Crippen LogP contribution is 2.21. The van der Waals surface area contributed by atoms with Crippen LogP contribution in [-0.2, 0) is 24.2 Å². The second kappa shape index (κ2) is 9.14. The number of ether oxygens (including phenoxy) is 1. The molecule has 0 saturated carbocycles. The molecule has 0 aromatic carbocycles. The Morgan fingerprint density at radius 1 is 1.39 bits per heavy atom. The van der Waals surface area contributed by atoms with Gasteiger partial charge >= 0.3 is 6.09 Å². The van der Waals surface area contributed by atoms with Gasteiger partial charge in [-0.05, 0) is 39.2 Å². The Morgan fingerprint density at radius 3 is 2.68 bits per heavy atom. The van der Waals surface area contributed by atoms with Crippen molar-refractivity contribution in [1.29, 1.82) is 0 Å². The van der Waals surface area contributed by atoms with E-state index in [2.05, 4.69) is 18.1 Å². The molecule has 0 radical (unpaired) electrons. The van der Waals surface area contributed by atoms with Gasteiger partial charge in [0, 0.05) is 13.0 Å². The molecule has 28 heavy (non-hydrogen) atoms. The first-order valence-electron chi connectivity index (χ1n) is 8.95. The zero-order valence-electron chi connectivity index (χ0n) is 16.9. The summed E-state index contributed by atoms with van der Waals surface area (Å²) in [5.41, 5.74) is 0.600. The summed E-state index contributed by atoms with van der Waals surface area (Å²) in [5, 5.41) is 0.649. The molecule has 1 aliphatic heterocycles. The summed E-state index contributed by atoms with van der Waals surface area (Å²) in [6, 6.07) is 3.61. The minimum atomic E-state index is -0.572. The van der Waals surface area contributed by atoms with E-state index in [4.69, 9.17) is 9.15 Å². The minimum absolute atomic E-state index is 0.135. The predicted octanol–water partition coefficient (Wildman–Crippen LogP) is 3.70. The minimum Gasteiger partial charge on any atom is -0.467 e. The fraction of sp³-hybridized carbons (Fsp3) is 0.450. The van der Waals surface area contributed by atoms with Gasteiger partial charge < -0.3 is 14.1 Å². The molecule has 3 heterocycles. The maximum Gasteiger partial charge on any atom is 0.410 e. The van der Waals surface area contributed by atoms with E-state index in [1.165, 1.54) is 11.8 Å². The monoisotopic (exact) mass is 405 g/mol. The van der Waals surface area contributed by atoms with Crippen molar-refractivity contribution in [2.75, 3.05) is 12.8 Å². The quantitative estimate of drug-likeness (QED) is 0.440. The van der Waals surface area contributed by atoms with Crippen LogP contribution in [0.3, 0.4) is 0 Å². The van der Waals surface area contributed by atoms with Crippen LogP contribution in [0.1, 0.15) is 37.8 Å². The van der Waals surface area contributed by atoms with Gasteiger partial charge in [-0.15, -0.1) is 13.2 Å². The summed E-state index contributed by atoms with van der Waals surface area (Å²) in [4.78, 5) is 31.6. The second-order valence-electron chi connectivity index (χ2n) is 7.15. The fourth-order valence-corrected chi connectivity index (χ4v) is 3.40. The van der Waals surface area contributed by atoms with Gasteiger partial charge in [-0.3, -0.25) is 9.36 Å². The van der Waals surface area contributed by atoms with Gasteiger partial charge in [-0.1, -0.05) is 11.8 Å². The molecule has 1 amide bonds. The molecule has 0 aliphatic carbocycles. The molecule has 0 spiro atoms. The van der Waals surface area contributed by atoms with Crippen molar-refractivity contribution in [3.8, 4) is 0 Å². The predicted molar refractivity (Wildman–Crippen MR) is 110 cm³/mol. The van der Waals surface area contributed by atoms with Gasteiger partial charge in [0.25, 0.3) is 5.56 Å². The molecule has 0 N–H and O–H groups in total. The maximum atomic E-state index is 13.1. The normalized spacial score (nSPS) is 13.4. The number of furan rings is 1. The lowest BCUT2D eigenvalue weighted by Gasteiger charge is -2.31. The zero-order chi connectivity index (χ0) is 20.9. The summed E-state index contributed by atoms with van der Waals surface area (Å²) in [5.74, 6) is 0.684. The first-order chi connectivity index (χ1) is 13.3. The Labute approximate surface area is 169 Å². The summed E-state index contributed by atoms with van der Waals surface area (Å²) in [7, 11) is 0. The van der Waals surface area contributed by atoms with Crippen LogP contribution in [0.2, 0.25) is 0 Å². The van der Waals surface area contributed by atoms with Crippen LogP contribution >= 0.6 is 11.8 Å². The largest absolute Gasteiger partial charge is 0.467 e. The van der Waals surface area contributed by atoms with Crippen LogP contribution in [0, 0.1) is 0 Å². The Morgan fingerprint density at radius 2 is 2.11 bits per heavy atom. The number of carbonyl (C=O) groups is 1. The molecule has 1 aliphatic rings. The average molecular weight is 406 g/mol. The molecule has 7 nitrogen and oxygen atoms in total. The lowest BCUT2D eigenvalue weighted by molar-refractivity contribution is 0.0221. The van der Waals surface area contributed by atoms with Crippen LogP contribution in [0.4, 0.5) is 4.79 Å². The van der Waals surface area contributed by atoms with Gasteiger partial charge in [0.2, 0.25) is 0 Å². The Balaban J connectivity index is 0.00000136. The third-order valence-corrected chi connectivity index (χ3v) is 4.69. The van der Waals surface area contributed by atoms with Gasteiger partial charge in [0.05, 0.1) is 30.6 Å². The number of hydrogen-bond donors (Lipinski definition) is 0. The van der Waals surface area contributed by atoms with Gasteiger partial charge in [0.15, 0.2) is 5.16 Å². The number of rotatable bonds is 3. The topological polar surface area (TPSA) is 77.6 Å². The van der Waals surface area contributed by atoms with E-state index in [0.717, 1.165) is 5.69 Å². The lowest BCUT2D eigenvalue weighted by atomic mass is 10.1. The molecule has 152 valence electrons. The van der Waals surface area contributed by atoms with Crippen LogP contribution in [0.5, 0.6) is 0 Å². The second-order valence-corrected chi connectivity index (χ2v) is 7.92. The summed E-state index contributed by atoms with van der Waals surface area (Å²) >= 11 is 1.42. The molecule has 0 unspecified atom stereocenters. The van der Waals surface area contributed by atoms with E-state index in [9.17, 15) is 9.59 Å². The van der Waals surface area contributed by atoms with Crippen molar-refractivity contribution in [2.45, 2.75) is 51.0 Å². The van der Waals surface area contributed by atoms with Crippen molar-refractivity contribution in [3.05, 3.63) is 58.9 Å². The molecule has 2 aromatic rings. The molecule has 0 fully saturated rings. The Kier molecular flexibility index (Phi) is 7.12. The van der Waals surface area contributed by atoms with Crippen molar-refractivity contribution >= 4 is 17.9 Å². The Hall–Kier alpha value is -2.48.